The van der Waals surface area contributed by atoms with Crippen LogP contribution in [0.3, 0.4) is 0 Å². The molecule has 0 fully saturated rings. The van der Waals surface area contributed by atoms with Gasteiger partial charge in [0.25, 0.3) is 0 Å². The number of hydrogen-bond acceptors (Lipinski definition) is 1. The minimum Gasteiger partial charge on any atom is -0.197 e. The Labute approximate surface area is 107 Å². The minimum atomic E-state index is -0.334. The maximum Gasteiger partial charge on any atom is 0.0832 e. The Bertz CT molecular complexity index is 353. The molecule has 0 N–H and O–H groups in total. The molecular formula is C14H18BrN. The fourth-order valence-corrected chi connectivity index (χ4v) is 2.75. The molecule has 0 aliphatic carbocycles. The normalized spacial score (nSPS) is 16.1. The second-order valence-corrected chi connectivity index (χ2v) is 5.86. The van der Waals surface area contributed by atoms with Gasteiger partial charge in [0.15, 0.2) is 0 Å². The SMILES string of the molecule is CCC[C@@](C#N)(C[C@H](C)Br)c1ccccc1. The fraction of sp³-hybridized carbons (Fsp3) is 0.500. The molecule has 0 aromatic heterocycles. The molecule has 0 aliphatic heterocycles. The highest BCUT2D eigenvalue weighted by Crippen LogP contribution is 2.35. The molecule has 0 heterocycles. The van der Waals surface area contributed by atoms with Gasteiger partial charge in [-0.1, -0.05) is 66.5 Å². The predicted molar refractivity (Wildman–Crippen MR) is 71.6 cm³/mol. The monoisotopic (exact) mass is 279 g/mol. The Morgan fingerprint density at radius 1 is 1.38 bits per heavy atom. The average molecular weight is 280 g/mol. The molecule has 0 saturated heterocycles. The smallest absolute Gasteiger partial charge is 0.0832 e. The summed E-state index contributed by atoms with van der Waals surface area (Å²) in [6.07, 6.45) is 2.81. The number of alkyl halides is 1. The van der Waals surface area contributed by atoms with Gasteiger partial charge >= 0.3 is 0 Å². The van der Waals surface area contributed by atoms with E-state index >= 15 is 0 Å². The first-order valence-corrected chi connectivity index (χ1v) is 6.67. The summed E-state index contributed by atoms with van der Waals surface area (Å²) in [7, 11) is 0. The Morgan fingerprint density at radius 2 is 2.00 bits per heavy atom. The number of benzene rings is 1. The van der Waals surface area contributed by atoms with E-state index in [1.165, 1.54) is 0 Å². The van der Waals surface area contributed by atoms with Crippen molar-refractivity contribution in [2.75, 3.05) is 0 Å². The van der Waals surface area contributed by atoms with Gasteiger partial charge in [-0.15, -0.1) is 0 Å². The molecule has 1 aromatic carbocycles. The van der Waals surface area contributed by atoms with Crippen molar-refractivity contribution >= 4 is 15.9 Å². The van der Waals surface area contributed by atoms with Crippen LogP contribution in [0, 0.1) is 11.3 Å². The lowest BCUT2D eigenvalue weighted by Gasteiger charge is -2.28. The summed E-state index contributed by atoms with van der Waals surface area (Å²) in [6.45, 7) is 4.23. The third-order valence-electron chi connectivity index (χ3n) is 2.85. The molecule has 1 nitrogen and oxygen atoms in total. The predicted octanol–water partition coefficient (Wildman–Crippen LogP) is 4.42. The van der Waals surface area contributed by atoms with Crippen LogP contribution in [0.1, 0.15) is 38.7 Å². The summed E-state index contributed by atoms with van der Waals surface area (Å²) >= 11 is 3.57. The van der Waals surface area contributed by atoms with E-state index in [1.807, 2.05) is 18.2 Å². The number of rotatable bonds is 5. The van der Waals surface area contributed by atoms with E-state index in [9.17, 15) is 5.26 Å². The lowest BCUT2D eigenvalue weighted by molar-refractivity contribution is 0.461. The molecule has 0 saturated carbocycles. The van der Waals surface area contributed by atoms with E-state index < -0.39 is 0 Å². The van der Waals surface area contributed by atoms with Crippen molar-refractivity contribution in [1.29, 1.82) is 5.26 Å². The van der Waals surface area contributed by atoms with Crippen LogP contribution in [0.5, 0.6) is 0 Å². The van der Waals surface area contributed by atoms with Crippen LogP contribution < -0.4 is 0 Å². The molecule has 0 aliphatic rings. The van der Waals surface area contributed by atoms with Gasteiger partial charge in [-0.2, -0.15) is 5.26 Å². The van der Waals surface area contributed by atoms with Crippen LogP contribution in [0.2, 0.25) is 0 Å². The van der Waals surface area contributed by atoms with Crippen molar-refractivity contribution in [3.05, 3.63) is 35.9 Å². The van der Waals surface area contributed by atoms with Crippen LogP contribution in [0.15, 0.2) is 30.3 Å². The first-order valence-electron chi connectivity index (χ1n) is 5.75. The fourth-order valence-electron chi connectivity index (χ4n) is 2.19. The van der Waals surface area contributed by atoms with E-state index in [-0.39, 0.29) is 5.41 Å². The van der Waals surface area contributed by atoms with Gasteiger partial charge < -0.3 is 0 Å². The van der Waals surface area contributed by atoms with Gasteiger partial charge in [0.2, 0.25) is 0 Å². The van der Waals surface area contributed by atoms with E-state index in [2.05, 4.69) is 48.0 Å². The average Bonchev–Trinajstić information content (AvgIpc) is 2.29. The van der Waals surface area contributed by atoms with E-state index in [4.69, 9.17) is 0 Å². The maximum absolute atomic E-state index is 9.54. The zero-order valence-corrected chi connectivity index (χ0v) is 11.5. The lowest BCUT2D eigenvalue weighted by atomic mass is 9.75. The summed E-state index contributed by atoms with van der Waals surface area (Å²) in [5.41, 5.74) is 0.810. The van der Waals surface area contributed by atoms with E-state index in [0.717, 1.165) is 24.8 Å². The van der Waals surface area contributed by atoms with Crippen molar-refractivity contribution < 1.29 is 0 Å². The zero-order chi connectivity index (χ0) is 12.0. The first kappa shape index (κ1) is 13.3. The minimum absolute atomic E-state index is 0.334. The molecule has 0 unspecified atom stereocenters. The zero-order valence-electron chi connectivity index (χ0n) is 9.91. The molecule has 2 heteroatoms. The van der Waals surface area contributed by atoms with Crippen molar-refractivity contribution in [2.45, 2.75) is 43.4 Å². The Morgan fingerprint density at radius 3 is 2.44 bits per heavy atom. The molecule has 86 valence electrons. The maximum atomic E-state index is 9.54. The van der Waals surface area contributed by atoms with Gasteiger partial charge in [-0.25, -0.2) is 0 Å². The highest BCUT2D eigenvalue weighted by atomic mass is 79.9. The quantitative estimate of drug-likeness (QED) is 0.732. The van der Waals surface area contributed by atoms with Crippen LogP contribution in [-0.2, 0) is 5.41 Å². The number of nitrogens with zero attached hydrogens (tertiary/aromatic N) is 1. The molecule has 1 aromatic rings. The number of nitriles is 1. The third-order valence-corrected chi connectivity index (χ3v) is 3.17. The van der Waals surface area contributed by atoms with E-state index in [1.54, 1.807) is 0 Å². The van der Waals surface area contributed by atoms with Gasteiger partial charge in [0, 0.05) is 4.83 Å². The van der Waals surface area contributed by atoms with Crippen molar-refractivity contribution in [3.8, 4) is 6.07 Å². The topological polar surface area (TPSA) is 23.8 Å². The van der Waals surface area contributed by atoms with Crippen LogP contribution >= 0.6 is 15.9 Å². The molecule has 0 radical (unpaired) electrons. The highest BCUT2D eigenvalue weighted by molar-refractivity contribution is 9.09. The molecule has 0 bridgehead atoms. The first-order chi connectivity index (χ1) is 7.64. The lowest BCUT2D eigenvalue weighted by Crippen LogP contribution is -2.26. The van der Waals surface area contributed by atoms with Gasteiger partial charge in [0.1, 0.15) is 0 Å². The summed E-state index contributed by atoms with van der Waals surface area (Å²) in [6, 6.07) is 12.7. The van der Waals surface area contributed by atoms with Crippen LogP contribution in [0.25, 0.3) is 0 Å². The van der Waals surface area contributed by atoms with Gasteiger partial charge in [-0.05, 0) is 18.4 Å². The van der Waals surface area contributed by atoms with Crippen molar-refractivity contribution in [1.82, 2.24) is 0 Å². The third kappa shape index (κ3) is 3.09. The van der Waals surface area contributed by atoms with Gasteiger partial charge in [-0.3, -0.25) is 0 Å². The second kappa shape index (κ2) is 6.06. The molecule has 0 amide bonds. The summed E-state index contributed by atoms with van der Waals surface area (Å²) in [5.74, 6) is 0. The number of halogens is 1. The standard InChI is InChI=1S/C14H18BrN/c1-3-9-14(11-16,10-12(2)15)13-7-5-4-6-8-13/h4-8,12H,3,9-10H2,1-2H3/t12-,14-/m0/s1. The Kier molecular flexibility index (Phi) is 5.02. The molecule has 0 spiro atoms. The van der Waals surface area contributed by atoms with Crippen molar-refractivity contribution in [2.24, 2.45) is 0 Å². The van der Waals surface area contributed by atoms with Crippen LogP contribution in [-0.4, -0.2) is 4.83 Å². The molecule has 1 rings (SSSR count). The Hall–Kier alpha value is -0.810. The highest BCUT2D eigenvalue weighted by Gasteiger charge is 2.32. The molecule has 16 heavy (non-hydrogen) atoms. The second-order valence-electron chi connectivity index (χ2n) is 4.29. The molecule has 2 atom stereocenters. The van der Waals surface area contributed by atoms with Crippen LogP contribution in [0.4, 0.5) is 0 Å². The summed E-state index contributed by atoms with van der Waals surface area (Å²) < 4.78 is 0. The summed E-state index contributed by atoms with van der Waals surface area (Å²) in [5, 5.41) is 9.54. The Balaban J connectivity index is 3.08. The van der Waals surface area contributed by atoms with E-state index in [0.29, 0.717) is 4.83 Å². The van der Waals surface area contributed by atoms with Gasteiger partial charge in [0.05, 0.1) is 11.5 Å². The summed E-state index contributed by atoms with van der Waals surface area (Å²) in [4.78, 5) is 0.360. The molecular weight excluding hydrogens is 262 g/mol. The largest absolute Gasteiger partial charge is 0.197 e. The number of hydrogen-bond donors (Lipinski definition) is 0. The van der Waals surface area contributed by atoms with Crippen molar-refractivity contribution in [3.63, 3.8) is 0 Å².